The predicted octanol–water partition coefficient (Wildman–Crippen LogP) is 0.155. The number of carboxylic acids is 1. The Labute approximate surface area is 133 Å². The smallest absolute Gasteiger partial charge is 0.352 e. The van der Waals surface area contributed by atoms with Crippen LogP contribution in [0.3, 0.4) is 0 Å². The van der Waals surface area contributed by atoms with E-state index in [2.05, 4.69) is 10.3 Å². The number of carbonyl (C=O) groups is 3. The van der Waals surface area contributed by atoms with E-state index in [1.807, 2.05) is 0 Å². The maximum absolute atomic E-state index is 12.3. The first-order valence-electron chi connectivity index (χ1n) is 6.30. The number of hydrogen-bond donors (Lipinski definition) is 3. The third-order valence-electron chi connectivity index (χ3n) is 3.27. The number of thioether (sulfide) groups is 1. The number of amides is 2. The van der Waals surface area contributed by atoms with E-state index in [-0.39, 0.29) is 17.5 Å². The van der Waals surface area contributed by atoms with Crippen molar-refractivity contribution in [1.29, 1.82) is 0 Å². The Bertz CT molecular complexity index is 701. The zero-order chi connectivity index (χ0) is 16.0. The van der Waals surface area contributed by atoms with Gasteiger partial charge in [-0.3, -0.25) is 14.5 Å². The van der Waals surface area contributed by atoms with Crippen LogP contribution in [0, 0.1) is 0 Å². The lowest BCUT2D eigenvalue weighted by Crippen LogP contribution is -2.61. The van der Waals surface area contributed by atoms with Crippen molar-refractivity contribution in [2.75, 3.05) is 5.73 Å². The van der Waals surface area contributed by atoms with Gasteiger partial charge in [-0.15, -0.1) is 23.1 Å². The average Bonchev–Trinajstić information content (AvgIpc) is 2.82. The maximum Gasteiger partial charge on any atom is 0.352 e. The third-order valence-corrected chi connectivity index (χ3v) is 5.52. The van der Waals surface area contributed by atoms with Crippen molar-refractivity contribution in [1.82, 2.24) is 15.2 Å². The number of nitrogen functional groups attached to an aromatic ring is 1. The highest BCUT2D eigenvalue weighted by Crippen LogP contribution is 2.49. The summed E-state index contributed by atoms with van der Waals surface area (Å²) in [6.45, 7) is 1.35. The predicted molar refractivity (Wildman–Crippen MR) is 80.8 cm³/mol. The second-order valence-electron chi connectivity index (χ2n) is 4.80. The van der Waals surface area contributed by atoms with E-state index < -0.39 is 22.6 Å². The number of anilines is 1. The van der Waals surface area contributed by atoms with Crippen LogP contribution >= 0.6 is 23.1 Å². The zero-order valence-corrected chi connectivity index (χ0v) is 13.0. The summed E-state index contributed by atoms with van der Waals surface area (Å²) < 4.78 is 0. The quantitative estimate of drug-likeness (QED) is 0.669. The van der Waals surface area contributed by atoms with Crippen molar-refractivity contribution in [3.8, 4) is 0 Å². The molecule has 0 saturated carbocycles. The van der Waals surface area contributed by atoms with Crippen molar-refractivity contribution in [2.45, 2.75) is 23.6 Å². The summed E-state index contributed by atoms with van der Waals surface area (Å²) >= 11 is 2.57. The number of nitrogens with two attached hydrogens (primary N) is 1. The second kappa shape index (κ2) is 5.29. The number of fused-ring (bicyclic) bond motifs is 1. The Morgan fingerprint density at radius 3 is 2.77 bits per heavy atom. The van der Waals surface area contributed by atoms with Crippen LogP contribution in [0.5, 0.6) is 0 Å². The molecule has 3 atom stereocenters. The summed E-state index contributed by atoms with van der Waals surface area (Å²) in [6, 6.07) is 0. The first kappa shape index (κ1) is 14.9. The second-order valence-corrected chi connectivity index (χ2v) is 6.95. The number of β-lactam (4-membered cyclic amide) rings is 1. The molecule has 0 spiro atoms. The average molecular weight is 340 g/mol. The van der Waals surface area contributed by atoms with E-state index in [1.165, 1.54) is 41.0 Å². The van der Waals surface area contributed by atoms with Crippen molar-refractivity contribution < 1.29 is 19.5 Å². The van der Waals surface area contributed by atoms with Crippen LogP contribution in [0.25, 0.3) is 0 Å². The summed E-state index contributed by atoms with van der Waals surface area (Å²) in [4.78, 5) is 40.2. The Morgan fingerprint density at radius 2 is 2.23 bits per heavy atom. The van der Waals surface area contributed by atoms with Gasteiger partial charge in [-0.1, -0.05) is 0 Å². The molecule has 0 radical (unpaired) electrons. The summed E-state index contributed by atoms with van der Waals surface area (Å²) in [6.07, 6.45) is 1.37. The first-order valence-corrected chi connectivity index (χ1v) is 8.12. The number of carbonyl (C=O) groups excluding carboxylic acids is 2. The van der Waals surface area contributed by atoms with E-state index in [0.717, 1.165) is 0 Å². The Morgan fingerprint density at radius 1 is 1.50 bits per heavy atom. The highest BCUT2D eigenvalue weighted by atomic mass is 32.2. The SMILES string of the molecule is CC(=O)NC1C=C(C(=O)O)N2C(=O)C(c3nc(N)cs3)[C@H]2S1. The van der Waals surface area contributed by atoms with Crippen molar-refractivity contribution in [3.05, 3.63) is 22.2 Å². The number of thiazole rings is 1. The Balaban J connectivity index is 1.91. The lowest BCUT2D eigenvalue weighted by Gasteiger charge is -2.49. The number of carboxylic acid groups (broad SMARTS) is 1. The van der Waals surface area contributed by atoms with Crippen LogP contribution in [0.1, 0.15) is 17.8 Å². The number of nitrogens with one attached hydrogen (secondary N) is 1. The molecule has 22 heavy (non-hydrogen) atoms. The van der Waals surface area contributed by atoms with Crippen LogP contribution in [0.4, 0.5) is 5.82 Å². The van der Waals surface area contributed by atoms with E-state index in [1.54, 1.807) is 5.38 Å². The van der Waals surface area contributed by atoms with Gasteiger partial charge in [0.1, 0.15) is 27.8 Å². The van der Waals surface area contributed by atoms with Crippen molar-refractivity contribution in [3.63, 3.8) is 0 Å². The van der Waals surface area contributed by atoms with E-state index in [4.69, 9.17) is 5.73 Å². The standard InChI is InChI=1S/C12H12N4O4S2/c1-4(17)14-7-2-5(12(19)20)16-10(18)8(11(16)22-7)9-15-6(13)3-21-9/h2-3,7-8,11H,13H2,1H3,(H,14,17)(H,19,20)/t7?,8?,11-/m1/s1. The van der Waals surface area contributed by atoms with E-state index >= 15 is 0 Å². The van der Waals surface area contributed by atoms with Crippen LogP contribution < -0.4 is 11.1 Å². The molecule has 1 fully saturated rings. The van der Waals surface area contributed by atoms with Gasteiger partial charge in [0.05, 0.1) is 5.37 Å². The molecule has 4 N–H and O–H groups in total. The van der Waals surface area contributed by atoms with Crippen LogP contribution in [-0.2, 0) is 14.4 Å². The first-order chi connectivity index (χ1) is 10.4. The lowest BCUT2D eigenvalue weighted by molar-refractivity contribution is -0.148. The van der Waals surface area contributed by atoms with Gasteiger partial charge < -0.3 is 16.2 Å². The number of aliphatic carboxylic acids is 1. The molecule has 10 heteroatoms. The highest BCUT2D eigenvalue weighted by Gasteiger charge is 2.55. The maximum atomic E-state index is 12.3. The van der Waals surface area contributed by atoms with Crippen LogP contribution in [-0.4, -0.2) is 43.5 Å². The molecule has 0 bridgehead atoms. The topological polar surface area (TPSA) is 126 Å². The number of rotatable bonds is 3. The summed E-state index contributed by atoms with van der Waals surface area (Å²) in [5.41, 5.74) is 5.47. The highest BCUT2D eigenvalue weighted by molar-refractivity contribution is 8.00. The molecule has 8 nitrogen and oxygen atoms in total. The molecule has 2 aliphatic rings. The minimum absolute atomic E-state index is 0.117. The molecule has 116 valence electrons. The molecule has 2 unspecified atom stereocenters. The van der Waals surface area contributed by atoms with Gasteiger partial charge in [0.2, 0.25) is 11.8 Å². The summed E-state index contributed by atoms with van der Waals surface area (Å²) in [5.74, 6) is -1.99. The molecule has 0 aliphatic carbocycles. The van der Waals surface area contributed by atoms with Crippen molar-refractivity contribution >= 4 is 46.7 Å². The Hall–Kier alpha value is -2.07. The Kier molecular flexibility index (Phi) is 3.57. The van der Waals surface area contributed by atoms with Crippen LogP contribution in [0.2, 0.25) is 0 Å². The van der Waals surface area contributed by atoms with E-state index in [0.29, 0.717) is 10.8 Å². The summed E-state index contributed by atoms with van der Waals surface area (Å²) in [5, 5.41) is 13.2. The minimum atomic E-state index is -1.20. The molecule has 0 aromatic carbocycles. The minimum Gasteiger partial charge on any atom is -0.477 e. The molecule has 3 rings (SSSR count). The molecule has 1 aromatic heterocycles. The van der Waals surface area contributed by atoms with Gasteiger partial charge in [-0.2, -0.15) is 0 Å². The number of aromatic nitrogens is 1. The van der Waals surface area contributed by atoms with Crippen LogP contribution in [0.15, 0.2) is 17.2 Å². The fourth-order valence-electron chi connectivity index (χ4n) is 2.39. The van der Waals surface area contributed by atoms with Gasteiger partial charge in [0, 0.05) is 12.3 Å². The van der Waals surface area contributed by atoms with Gasteiger partial charge in [0.15, 0.2) is 0 Å². The van der Waals surface area contributed by atoms with Gasteiger partial charge in [-0.25, -0.2) is 9.78 Å². The molecule has 2 amide bonds. The lowest BCUT2D eigenvalue weighted by atomic mass is 9.97. The molecule has 1 saturated heterocycles. The van der Waals surface area contributed by atoms with Crippen molar-refractivity contribution in [2.24, 2.45) is 0 Å². The normalized spacial score (nSPS) is 26.8. The molecular formula is C12H12N4O4S2. The van der Waals surface area contributed by atoms with Gasteiger partial charge in [0.25, 0.3) is 0 Å². The zero-order valence-electron chi connectivity index (χ0n) is 11.3. The number of nitrogens with zero attached hydrogens (tertiary/aromatic N) is 2. The fourth-order valence-corrected chi connectivity index (χ4v) is 4.79. The van der Waals surface area contributed by atoms with Gasteiger partial charge in [-0.05, 0) is 6.08 Å². The van der Waals surface area contributed by atoms with E-state index in [9.17, 15) is 19.5 Å². The molecule has 3 heterocycles. The number of hydrogen-bond acceptors (Lipinski definition) is 7. The summed E-state index contributed by atoms with van der Waals surface area (Å²) in [7, 11) is 0. The third kappa shape index (κ3) is 2.33. The van der Waals surface area contributed by atoms with Gasteiger partial charge >= 0.3 is 5.97 Å². The largest absolute Gasteiger partial charge is 0.477 e. The monoisotopic (exact) mass is 340 g/mol. The molecule has 2 aliphatic heterocycles. The fraction of sp³-hybridized carbons (Fsp3) is 0.333. The molecular weight excluding hydrogens is 328 g/mol. The molecule has 1 aromatic rings.